The van der Waals surface area contributed by atoms with E-state index in [1.165, 1.54) is 36.0 Å². The number of fused-ring (bicyclic) bond motifs is 1. The maximum atomic E-state index is 13.0. The molecule has 4 rings (SSSR count). The summed E-state index contributed by atoms with van der Waals surface area (Å²) in [7, 11) is 3.58. The van der Waals surface area contributed by atoms with E-state index < -0.39 is 0 Å². The van der Waals surface area contributed by atoms with Crippen LogP contribution in [0.15, 0.2) is 70.7 Å². The van der Waals surface area contributed by atoms with Crippen molar-refractivity contribution in [2.75, 3.05) is 0 Å². The fraction of sp³-hybridized carbons (Fsp3) is 0.136. The lowest BCUT2D eigenvalue weighted by Gasteiger charge is -2.08. The second-order valence-electron chi connectivity index (χ2n) is 6.74. The molecule has 0 aliphatic heterocycles. The number of ketones is 1. The lowest BCUT2D eigenvalue weighted by Crippen LogP contribution is -2.19. The quantitative estimate of drug-likeness (QED) is 0.286. The Bertz CT molecular complexity index is 1260. The first-order valence-corrected chi connectivity index (χ1v) is 9.96. The van der Waals surface area contributed by atoms with Gasteiger partial charge in [0.05, 0.1) is 5.39 Å². The zero-order chi connectivity index (χ0) is 20.5. The topological polar surface area (TPSA) is 56.9 Å². The van der Waals surface area contributed by atoms with E-state index in [1.807, 2.05) is 29.9 Å². The average Bonchev–Trinajstić information content (AvgIpc) is 3.11. The Labute approximate surface area is 170 Å². The smallest absolute Gasteiger partial charge is 0.263 e. The molecule has 0 saturated heterocycles. The molecule has 0 N–H and O–H groups in total. The van der Waals surface area contributed by atoms with E-state index in [0.29, 0.717) is 33.1 Å². The van der Waals surface area contributed by atoms with E-state index >= 15 is 0 Å². The number of rotatable bonds is 5. The standard InChI is InChI=1S/C22H18FN3O2S/c1-25-12-11-18-20(25)24-22(26(2)21(18)28)29-13-14-3-5-15(6-4-14)19(27)16-7-9-17(23)10-8-16/h3-12H,13H2,1-2H3. The van der Waals surface area contributed by atoms with Crippen LogP contribution in [0.2, 0.25) is 0 Å². The number of thioether (sulfide) groups is 1. The van der Waals surface area contributed by atoms with Gasteiger partial charge in [0.25, 0.3) is 5.56 Å². The lowest BCUT2D eigenvalue weighted by molar-refractivity contribution is 0.103. The summed E-state index contributed by atoms with van der Waals surface area (Å²) in [4.78, 5) is 29.6. The van der Waals surface area contributed by atoms with Crippen LogP contribution in [0, 0.1) is 5.82 Å². The first-order chi connectivity index (χ1) is 13.9. The summed E-state index contributed by atoms with van der Waals surface area (Å²) in [5.74, 6) is 0.0919. The molecule has 0 amide bonds. The van der Waals surface area contributed by atoms with Crippen molar-refractivity contribution in [3.8, 4) is 0 Å². The molecule has 7 heteroatoms. The zero-order valence-electron chi connectivity index (χ0n) is 15.9. The van der Waals surface area contributed by atoms with Crippen LogP contribution in [-0.2, 0) is 19.8 Å². The number of hydrogen-bond acceptors (Lipinski definition) is 4. The SMILES string of the molecule is Cn1c(SCc2ccc(C(=O)c3ccc(F)cc3)cc2)nc2c(ccn2C)c1=O. The average molecular weight is 407 g/mol. The third kappa shape index (κ3) is 3.73. The first kappa shape index (κ1) is 19.1. The van der Waals surface area contributed by atoms with E-state index in [2.05, 4.69) is 4.98 Å². The molecular formula is C22H18FN3O2S. The van der Waals surface area contributed by atoms with Crippen LogP contribution < -0.4 is 5.56 Å². The highest BCUT2D eigenvalue weighted by Gasteiger charge is 2.12. The monoisotopic (exact) mass is 407 g/mol. The summed E-state index contributed by atoms with van der Waals surface area (Å²) in [6.45, 7) is 0. The van der Waals surface area contributed by atoms with Crippen molar-refractivity contribution < 1.29 is 9.18 Å². The molecule has 0 spiro atoms. The second-order valence-corrected chi connectivity index (χ2v) is 7.69. The molecule has 2 aromatic heterocycles. The maximum Gasteiger partial charge on any atom is 0.263 e. The molecule has 2 aromatic carbocycles. The molecule has 0 aliphatic rings. The molecule has 5 nitrogen and oxygen atoms in total. The summed E-state index contributed by atoms with van der Waals surface area (Å²) in [6.07, 6.45) is 1.82. The van der Waals surface area contributed by atoms with E-state index in [-0.39, 0.29) is 17.2 Å². The number of benzene rings is 2. The van der Waals surface area contributed by atoms with Crippen molar-refractivity contribution in [2.24, 2.45) is 14.1 Å². The molecule has 146 valence electrons. The predicted octanol–water partition coefficient (Wildman–Crippen LogP) is 3.93. The Morgan fingerprint density at radius 3 is 2.28 bits per heavy atom. The van der Waals surface area contributed by atoms with Crippen molar-refractivity contribution in [3.05, 3.63) is 93.7 Å². The molecule has 0 bridgehead atoms. The molecule has 0 saturated carbocycles. The van der Waals surface area contributed by atoms with Crippen molar-refractivity contribution >= 4 is 28.6 Å². The Morgan fingerprint density at radius 1 is 1.00 bits per heavy atom. The Kier molecular flexibility index (Phi) is 5.07. The number of halogens is 1. The Morgan fingerprint density at radius 2 is 1.62 bits per heavy atom. The van der Waals surface area contributed by atoms with Gasteiger partial charge in [0.2, 0.25) is 0 Å². The van der Waals surface area contributed by atoms with Crippen LogP contribution >= 0.6 is 11.8 Å². The van der Waals surface area contributed by atoms with E-state index in [9.17, 15) is 14.0 Å². The van der Waals surface area contributed by atoms with Crippen molar-refractivity contribution in [2.45, 2.75) is 10.9 Å². The molecule has 0 atom stereocenters. The van der Waals surface area contributed by atoms with E-state index in [4.69, 9.17) is 0 Å². The minimum Gasteiger partial charge on any atom is -0.335 e. The summed E-state index contributed by atoms with van der Waals surface area (Å²) in [5.41, 5.74) is 2.59. The van der Waals surface area contributed by atoms with Gasteiger partial charge in [-0.1, -0.05) is 36.0 Å². The van der Waals surface area contributed by atoms with E-state index in [1.54, 1.807) is 29.8 Å². The minimum atomic E-state index is -0.370. The lowest BCUT2D eigenvalue weighted by atomic mass is 10.0. The summed E-state index contributed by atoms with van der Waals surface area (Å²) in [5, 5.41) is 1.23. The van der Waals surface area contributed by atoms with Gasteiger partial charge >= 0.3 is 0 Å². The Hall–Kier alpha value is -3.19. The fourth-order valence-electron chi connectivity index (χ4n) is 3.06. The number of nitrogens with zero attached hydrogens (tertiary/aromatic N) is 3. The molecule has 4 aromatic rings. The van der Waals surface area contributed by atoms with E-state index in [0.717, 1.165) is 5.56 Å². The number of carbonyl (C=O) groups is 1. The molecule has 0 aliphatic carbocycles. The second kappa shape index (κ2) is 7.67. The molecule has 0 unspecified atom stereocenters. The van der Waals surface area contributed by atoms with Crippen LogP contribution in [0.1, 0.15) is 21.5 Å². The zero-order valence-corrected chi connectivity index (χ0v) is 16.7. The molecule has 29 heavy (non-hydrogen) atoms. The van der Waals surface area contributed by atoms with Crippen LogP contribution in [0.25, 0.3) is 11.0 Å². The number of aromatic nitrogens is 3. The van der Waals surface area contributed by atoms with Gasteiger partial charge in [-0.15, -0.1) is 0 Å². The number of hydrogen-bond donors (Lipinski definition) is 0. The van der Waals surface area contributed by atoms with Gasteiger partial charge < -0.3 is 4.57 Å². The van der Waals surface area contributed by atoms with Crippen LogP contribution in [0.4, 0.5) is 4.39 Å². The Balaban J connectivity index is 1.51. The predicted molar refractivity (Wildman–Crippen MR) is 112 cm³/mol. The number of aryl methyl sites for hydroxylation is 1. The van der Waals surface area contributed by atoms with Crippen LogP contribution in [0.3, 0.4) is 0 Å². The first-order valence-electron chi connectivity index (χ1n) is 8.98. The molecular weight excluding hydrogens is 389 g/mol. The normalized spacial score (nSPS) is 11.1. The van der Waals surface area contributed by atoms with Crippen molar-refractivity contribution in [1.29, 1.82) is 0 Å². The highest BCUT2D eigenvalue weighted by Crippen LogP contribution is 2.22. The molecule has 2 heterocycles. The summed E-state index contributed by atoms with van der Waals surface area (Å²) < 4.78 is 16.4. The van der Waals surface area contributed by atoms with Gasteiger partial charge in [-0.05, 0) is 35.9 Å². The summed E-state index contributed by atoms with van der Waals surface area (Å²) in [6, 6.07) is 14.6. The molecule has 0 fully saturated rings. The molecule has 0 radical (unpaired) electrons. The largest absolute Gasteiger partial charge is 0.335 e. The van der Waals surface area contributed by atoms with Gasteiger partial charge in [-0.25, -0.2) is 9.37 Å². The fourth-order valence-corrected chi connectivity index (χ4v) is 3.97. The van der Waals surface area contributed by atoms with Crippen LogP contribution in [0.5, 0.6) is 0 Å². The van der Waals surface area contributed by atoms with Crippen LogP contribution in [-0.4, -0.2) is 19.9 Å². The maximum absolute atomic E-state index is 13.0. The van der Waals surface area contributed by atoms with Gasteiger partial charge in [0.15, 0.2) is 10.9 Å². The van der Waals surface area contributed by atoms with Gasteiger partial charge in [0, 0.05) is 37.2 Å². The van der Waals surface area contributed by atoms with Crippen molar-refractivity contribution in [3.63, 3.8) is 0 Å². The highest BCUT2D eigenvalue weighted by atomic mass is 32.2. The van der Waals surface area contributed by atoms with Gasteiger partial charge in [0.1, 0.15) is 11.5 Å². The van der Waals surface area contributed by atoms with Crippen molar-refractivity contribution in [1.82, 2.24) is 14.1 Å². The minimum absolute atomic E-state index is 0.0710. The highest BCUT2D eigenvalue weighted by molar-refractivity contribution is 7.98. The number of carbonyl (C=O) groups excluding carboxylic acids is 1. The van der Waals surface area contributed by atoms with Gasteiger partial charge in [-0.2, -0.15) is 0 Å². The van der Waals surface area contributed by atoms with Gasteiger partial charge in [-0.3, -0.25) is 14.2 Å². The third-order valence-electron chi connectivity index (χ3n) is 4.75. The third-order valence-corrected chi connectivity index (χ3v) is 5.85. The summed E-state index contributed by atoms with van der Waals surface area (Å²) >= 11 is 1.47.